The van der Waals surface area contributed by atoms with E-state index in [2.05, 4.69) is 4.90 Å². The molecule has 0 spiro atoms. The van der Waals surface area contributed by atoms with E-state index in [4.69, 9.17) is 16.3 Å². The topological polar surface area (TPSA) is 75.9 Å². The van der Waals surface area contributed by atoms with Gasteiger partial charge in [0.1, 0.15) is 5.75 Å². The number of carbonyl (C=O) groups is 1. The number of nitro groups is 1. The predicted octanol–water partition coefficient (Wildman–Crippen LogP) is 3.28. The highest BCUT2D eigenvalue weighted by Gasteiger charge is 2.22. The smallest absolute Gasteiger partial charge is 0.272 e. The van der Waals surface area contributed by atoms with Crippen molar-refractivity contribution >= 4 is 28.9 Å². The van der Waals surface area contributed by atoms with Gasteiger partial charge in [-0.1, -0.05) is 23.7 Å². The van der Waals surface area contributed by atoms with E-state index < -0.39 is 4.92 Å². The second-order valence-corrected chi connectivity index (χ2v) is 6.72. The molecule has 0 atom stereocenters. The molecule has 0 saturated carbocycles. The highest BCUT2D eigenvalue weighted by atomic mass is 35.5. The van der Waals surface area contributed by atoms with Crippen LogP contribution >= 0.6 is 11.6 Å². The minimum absolute atomic E-state index is 0.0318. The molecule has 3 rings (SSSR count). The lowest BCUT2D eigenvalue weighted by atomic mass is 10.2. The highest BCUT2D eigenvalue weighted by Crippen LogP contribution is 2.26. The molecule has 0 aliphatic carbocycles. The number of amides is 1. The molecular formula is C19H20ClN3O4. The van der Waals surface area contributed by atoms with E-state index in [9.17, 15) is 14.9 Å². The Bertz CT molecular complexity index is 851. The minimum Gasteiger partial charge on any atom is -0.484 e. The second-order valence-electron chi connectivity index (χ2n) is 6.31. The Morgan fingerprint density at radius 1 is 1.19 bits per heavy atom. The van der Waals surface area contributed by atoms with Crippen LogP contribution in [0.15, 0.2) is 42.5 Å². The average Bonchev–Trinajstić information content (AvgIpc) is 2.66. The van der Waals surface area contributed by atoms with Gasteiger partial charge in [-0.05, 0) is 31.2 Å². The van der Waals surface area contributed by atoms with Gasteiger partial charge in [-0.15, -0.1) is 0 Å². The van der Waals surface area contributed by atoms with Crippen LogP contribution in [0.3, 0.4) is 0 Å². The third-order valence-electron chi connectivity index (χ3n) is 4.55. The summed E-state index contributed by atoms with van der Waals surface area (Å²) in [6.45, 7) is 4.13. The number of hydrogen-bond donors (Lipinski definition) is 0. The number of benzene rings is 2. The van der Waals surface area contributed by atoms with Crippen LogP contribution in [0.25, 0.3) is 0 Å². The highest BCUT2D eigenvalue weighted by molar-refractivity contribution is 6.33. The largest absolute Gasteiger partial charge is 0.484 e. The number of aryl methyl sites for hydroxylation is 1. The van der Waals surface area contributed by atoms with E-state index in [0.29, 0.717) is 42.5 Å². The number of hydrogen-bond acceptors (Lipinski definition) is 5. The Morgan fingerprint density at radius 2 is 1.89 bits per heavy atom. The van der Waals surface area contributed by atoms with Crippen molar-refractivity contribution in [1.29, 1.82) is 0 Å². The van der Waals surface area contributed by atoms with Crippen LogP contribution in [0, 0.1) is 17.0 Å². The molecule has 1 fully saturated rings. The Hall–Kier alpha value is -2.80. The fourth-order valence-corrected chi connectivity index (χ4v) is 3.32. The van der Waals surface area contributed by atoms with Crippen molar-refractivity contribution in [3.63, 3.8) is 0 Å². The lowest BCUT2D eigenvalue weighted by molar-refractivity contribution is -0.385. The fraction of sp³-hybridized carbons (Fsp3) is 0.316. The van der Waals surface area contributed by atoms with Crippen molar-refractivity contribution in [2.24, 2.45) is 0 Å². The molecule has 0 aromatic heterocycles. The van der Waals surface area contributed by atoms with E-state index in [1.807, 2.05) is 24.3 Å². The number of anilines is 1. The summed E-state index contributed by atoms with van der Waals surface area (Å²) in [6, 6.07) is 12.1. The van der Waals surface area contributed by atoms with Gasteiger partial charge in [-0.2, -0.15) is 0 Å². The molecular weight excluding hydrogens is 370 g/mol. The van der Waals surface area contributed by atoms with Crippen molar-refractivity contribution < 1.29 is 14.5 Å². The fourth-order valence-electron chi connectivity index (χ4n) is 3.06. The van der Waals surface area contributed by atoms with Crippen molar-refractivity contribution in [2.75, 3.05) is 37.7 Å². The maximum atomic E-state index is 12.4. The Morgan fingerprint density at radius 3 is 2.52 bits per heavy atom. The van der Waals surface area contributed by atoms with Crippen molar-refractivity contribution in [2.45, 2.75) is 6.92 Å². The summed E-state index contributed by atoms with van der Waals surface area (Å²) in [7, 11) is 0. The monoisotopic (exact) mass is 389 g/mol. The maximum absolute atomic E-state index is 12.4. The van der Waals surface area contributed by atoms with E-state index in [1.54, 1.807) is 17.9 Å². The molecule has 0 unspecified atom stereocenters. The molecule has 7 nitrogen and oxygen atoms in total. The molecule has 0 N–H and O–H groups in total. The normalized spacial score (nSPS) is 14.1. The zero-order chi connectivity index (χ0) is 19.4. The lowest BCUT2D eigenvalue weighted by Gasteiger charge is -2.36. The van der Waals surface area contributed by atoms with Crippen LogP contribution in [0.1, 0.15) is 5.56 Å². The van der Waals surface area contributed by atoms with E-state index in [-0.39, 0.29) is 18.2 Å². The first-order valence-electron chi connectivity index (χ1n) is 8.61. The van der Waals surface area contributed by atoms with Gasteiger partial charge in [0.05, 0.1) is 15.6 Å². The van der Waals surface area contributed by atoms with E-state index in [0.717, 1.165) is 5.69 Å². The predicted molar refractivity (Wildman–Crippen MR) is 104 cm³/mol. The number of nitro benzene ring substituents is 1. The van der Waals surface area contributed by atoms with Crippen LogP contribution in [-0.2, 0) is 4.79 Å². The van der Waals surface area contributed by atoms with Gasteiger partial charge in [-0.25, -0.2) is 0 Å². The summed E-state index contributed by atoms with van der Waals surface area (Å²) < 4.78 is 5.52. The zero-order valence-electron chi connectivity index (χ0n) is 14.9. The summed E-state index contributed by atoms with van der Waals surface area (Å²) in [5, 5.41) is 11.6. The number of para-hydroxylation sites is 1. The van der Waals surface area contributed by atoms with Gasteiger partial charge in [0.25, 0.3) is 11.6 Å². The van der Waals surface area contributed by atoms with Gasteiger partial charge in [0.2, 0.25) is 0 Å². The number of ether oxygens (including phenoxy) is 1. The van der Waals surface area contributed by atoms with Gasteiger partial charge in [0.15, 0.2) is 6.61 Å². The van der Waals surface area contributed by atoms with Crippen molar-refractivity contribution in [3.05, 3.63) is 63.2 Å². The second kappa shape index (κ2) is 8.26. The summed E-state index contributed by atoms with van der Waals surface area (Å²) in [6.07, 6.45) is 0. The molecule has 142 valence electrons. The molecule has 0 bridgehead atoms. The van der Waals surface area contributed by atoms with Crippen LogP contribution in [-0.4, -0.2) is 48.5 Å². The third kappa shape index (κ3) is 4.49. The third-order valence-corrected chi connectivity index (χ3v) is 4.87. The van der Waals surface area contributed by atoms with Gasteiger partial charge in [0, 0.05) is 37.8 Å². The Kier molecular flexibility index (Phi) is 5.81. The molecule has 1 heterocycles. The summed E-state index contributed by atoms with van der Waals surface area (Å²) in [4.78, 5) is 26.7. The van der Waals surface area contributed by atoms with Gasteiger partial charge < -0.3 is 14.5 Å². The average molecular weight is 390 g/mol. The molecule has 1 saturated heterocycles. The molecule has 27 heavy (non-hydrogen) atoms. The Balaban J connectivity index is 1.52. The first kappa shape index (κ1) is 19.0. The molecule has 1 aliphatic rings. The number of nitrogens with zero attached hydrogens (tertiary/aromatic N) is 3. The maximum Gasteiger partial charge on any atom is 0.272 e. The molecule has 1 amide bonds. The molecule has 0 radical (unpaired) electrons. The standard InChI is InChI=1S/C19H20ClN3O4/c1-14-12-15(6-7-17(14)23(25)26)27-13-19(24)22-10-8-21(9-11-22)18-5-3-2-4-16(18)20/h2-7,12H,8-11,13H2,1H3. The minimum atomic E-state index is -0.442. The molecule has 8 heteroatoms. The van der Waals surface area contributed by atoms with E-state index >= 15 is 0 Å². The van der Waals surface area contributed by atoms with Crippen molar-refractivity contribution in [3.8, 4) is 5.75 Å². The first-order valence-corrected chi connectivity index (χ1v) is 8.98. The number of halogens is 1. The Labute approximate surface area is 162 Å². The summed E-state index contributed by atoms with van der Waals surface area (Å²) >= 11 is 6.23. The van der Waals surface area contributed by atoms with Crippen LogP contribution in [0.4, 0.5) is 11.4 Å². The molecule has 1 aliphatic heterocycles. The SMILES string of the molecule is Cc1cc(OCC(=O)N2CCN(c3ccccc3Cl)CC2)ccc1[N+](=O)[O-]. The number of carbonyl (C=O) groups excluding carboxylic acids is 1. The van der Waals surface area contributed by atoms with Crippen LogP contribution < -0.4 is 9.64 Å². The molecule has 2 aromatic rings. The van der Waals surface area contributed by atoms with Crippen LogP contribution in [0.2, 0.25) is 5.02 Å². The van der Waals surface area contributed by atoms with Crippen molar-refractivity contribution in [1.82, 2.24) is 4.90 Å². The van der Waals surface area contributed by atoms with Gasteiger partial charge in [-0.3, -0.25) is 14.9 Å². The summed E-state index contributed by atoms with van der Waals surface area (Å²) in [5.74, 6) is 0.339. The quantitative estimate of drug-likeness (QED) is 0.579. The zero-order valence-corrected chi connectivity index (χ0v) is 15.7. The van der Waals surface area contributed by atoms with E-state index in [1.165, 1.54) is 12.1 Å². The first-order chi connectivity index (χ1) is 13.0. The van der Waals surface area contributed by atoms with Gasteiger partial charge >= 0.3 is 0 Å². The number of rotatable bonds is 5. The molecule has 2 aromatic carbocycles. The summed E-state index contributed by atoms with van der Waals surface area (Å²) in [5.41, 5.74) is 1.51. The van der Waals surface area contributed by atoms with Crippen LogP contribution in [0.5, 0.6) is 5.75 Å². The number of piperazine rings is 1. The lowest BCUT2D eigenvalue weighted by Crippen LogP contribution is -2.50.